The Morgan fingerprint density at radius 3 is 2.20 bits per heavy atom. The molecule has 0 aliphatic carbocycles. The highest BCUT2D eigenvalue weighted by Crippen LogP contribution is 2.32. The molecule has 3 aromatic rings. The van der Waals surface area contributed by atoms with E-state index >= 15 is 0 Å². The van der Waals surface area contributed by atoms with Crippen molar-refractivity contribution >= 4 is 40.1 Å². The minimum absolute atomic E-state index is 0.241. The topological polar surface area (TPSA) is 26.3 Å². The molecule has 0 radical (unpaired) electrons. The van der Waals surface area contributed by atoms with Crippen molar-refractivity contribution in [2.75, 3.05) is 0 Å². The van der Waals surface area contributed by atoms with E-state index < -0.39 is 5.25 Å². The highest BCUT2D eigenvalue weighted by molar-refractivity contribution is 7.81. The van der Waals surface area contributed by atoms with Crippen LogP contribution in [-0.4, -0.2) is 11.2 Å². The van der Waals surface area contributed by atoms with Gasteiger partial charge >= 0.3 is 5.97 Å². The van der Waals surface area contributed by atoms with Crippen molar-refractivity contribution in [1.29, 1.82) is 0 Å². The normalized spacial score (nSPS) is 14.4. The average molecular weight is 352 g/mol. The molecule has 3 heteroatoms. The number of ether oxygens (including phenoxy) is 1. The molecule has 25 heavy (non-hydrogen) atoms. The van der Waals surface area contributed by atoms with Crippen LogP contribution in [0.3, 0.4) is 0 Å². The molecule has 2 nitrogen and oxygen atoms in total. The first-order chi connectivity index (χ1) is 11.8. The Labute approximate surface area is 154 Å². The lowest BCUT2D eigenvalue weighted by Crippen LogP contribution is -2.31. The Balaban J connectivity index is 1.97. The summed E-state index contributed by atoms with van der Waals surface area (Å²) in [4.78, 5) is 12.4. The Bertz CT molecular complexity index is 924. The molecule has 2 unspecified atom stereocenters. The van der Waals surface area contributed by atoms with Crippen LogP contribution >= 0.6 is 12.6 Å². The quantitative estimate of drug-likeness (QED) is 0.358. The molecule has 0 aliphatic rings. The lowest BCUT2D eigenvalue weighted by atomic mass is 9.91. The molecule has 0 heterocycles. The first kappa shape index (κ1) is 17.8. The minimum Gasteiger partial charge on any atom is -0.457 e. The van der Waals surface area contributed by atoms with Crippen LogP contribution in [0.2, 0.25) is 0 Å². The third kappa shape index (κ3) is 3.67. The van der Waals surface area contributed by atoms with Gasteiger partial charge in [-0.25, -0.2) is 0 Å². The van der Waals surface area contributed by atoms with Gasteiger partial charge in [0.15, 0.2) is 0 Å². The van der Waals surface area contributed by atoms with Crippen LogP contribution in [0.15, 0.2) is 54.6 Å². The summed E-state index contributed by atoms with van der Waals surface area (Å²) in [6.45, 7) is 7.88. The number of carbonyl (C=O) groups excluding carboxylic acids is 1. The van der Waals surface area contributed by atoms with E-state index in [1.165, 1.54) is 10.8 Å². The van der Waals surface area contributed by atoms with E-state index in [4.69, 9.17) is 4.74 Å². The van der Waals surface area contributed by atoms with Gasteiger partial charge in [0.2, 0.25) is 0 Å². The van der Waals surface area contributed by atoms with Crippen molar-refractivity contribution in [3.05, 3.63) is 60.2 Å². The van der Waals surface area contributed by atoms with E-state index in [9.17, 15) is 4.79 Å². The summed E-state index contributed by atoms with van der Waals surface area (Å²) < 4.78 is 5.73. The first-order valence-electron chi connectivity index (χ1n) is 8.57. The van der Waals surface area contributed by atoms with Gasteiger partial charge in [0.1, 0.15) is 11.4 Å². The van der Waals surface area contributed by atoms with Crippen molar-refractivity contribution in [3.8, 4) is 0 Å². The molecular weight excluding hydrogens is 328 g/mol. The van der Waals surface area contributed by atoms with Gasteiger partial charge in [0.05, 0.1) is 0 Å². The molecule has 0 spiro atoms. The molecule has 0 bridgehead atoms. The molecule has 2 atom stereocenters. The number of hydrogen-bond acceptors (Lipinski definition) is 3. The Hall–Kier alpha value is -2.00. The van der Waals surface area contributed by atoms with Gasteiger partial charge in [-0.05, 0) is 46.0 Å². The standard InChI is InChI=1S/C22H24O2S/c1-14(24-21(23)20(25)22(2,3)4)18-11-7-10-17-12-15-8-5-6-9-16(15)13-19(17)18/h5-14,20,25H,1-4H3. The Morgan fingerprint density at radius 2 is 1.56 bits per heavy atom. The lowest BCUT2D eigenvalue weighted by Gasteiger charge is -2.26. The van der Waals surface area contributed by atoms with Crippen molar-refractivity contribution in [2.45, 2.75) is 39.0 Å². The molecule has 0 saturated heterocycles. The second-order valence-corrected chi connectivity index (χ2v) is 8.13. The van der Waals surface area contributed by atoms with E-state index in [-0.39, 0.29) is 17.5 Å². The number of benzene rings is 3. The predicted molar refractivity (Wildman–Crippen MR) is 108 cm³/mol. The van der Waals surface area contributed by atoms with Crippen molar-refractivity contribution < 1.29 is 9.53 Å². The van der Waals surface area contributed by atoms with Crippen LogP contribution in [0.5, 0.6) is 0 Å². The molecule has 3 rings (SSSR count). The summed E-state index contributed by atoms with van der Waals surface area (Å²) in [5.74, 6) is -0.277. The monoisotopic (exact) mass is 352 g/mol. The molecule has 0 fully saturated rings. The van der Waals surface area contributed by atoms with Crippen molar-refractivity contribution in [3.63, 3.8) is 0 Å². The third-order valence-corrected chi connectivity index (χ3v) is 5.54. The van der Waals surface area contributed by atoms with Gasteiger partial charge in [-0.2, -0.15) is 12.6 Å². The number of hydrogen-bond donors (Lipinski definition) is 1. The van der Waals surface area contributed by atoms with Crippen LogP contribution in [0, 0.1) is 5.41 Å². The fourth-order valence-electron chi connectivity index (χ4n) is 3.00. The predicted octanol–water partition coefficient (Wildman–Crippen LogP) is 5.94. The second-order valence-electron chi connectivity index (χ2n) is 7.62. The van der Waals surface area contributed by atoms with Crippen molar-refractivity contribution in [1.82, 2.24) is 0 Å². The maximum atomic E-state index is 12.4. The van der Waals surface area contributed by atoms with Crippen LogP contribution < -0.4 is 0 Å². The molecule has 0 aliphatic heterocycles. The zero-order valence-electron chi connectivity index (χ0n) is 15.1. The fraction of sp³-hybridized carbons (Fsp3) is 0.318. The number of rotatable bonds is 3. The number of carbonyl (C=O) groups is 1. The largest absolute Gasteiger partial charge is 0.457 e. The molecule has 0 aromatic heterocycles. The van der Waals surface area contributed by atoms with E-state index in [0.717, 1.165) is 16.3 Å². The molecule has 130 valence electrons. The van der Waals surface area contributed by atoms with Gasteiger partial charge in [0.25, 0.3) is 0 Å². The van der Waals surface area contributed by atoms with Crippen LogP contribution in [0.1, 0.15) is 39.4 Å². The van der Waals surface area contributed by atoms with Gasteiger partial charge in [-0.15, -0.1) is 0 Å². The van der Waals surface area contributed by atoms with E-state index in [2.05, 4.69) is 43.0 Å². The smallest absolute Gasteiger partial charge is 0.319 e. The van der Waals surface area contributed by atoms with Gasteiger partial charge in [-0.1, -0.05) is 63.2 Å². The molecule has 3 aromatic carbocycles. The number of fused-ring (bicyclic) bond motifs is 2. The third-order valence-electron chi connectivity index (χ3n) is 4.55. The van der Waals surface area contributed by atoms with Gasteiger partial charge in [-0.3, -0.25) is 4.79 Å². The summed E-state index contributed by atoms with van der Waals surface area (Å²) in [6, 6.07) is 18.8. The Morgan fingerprint density at radius 1 is 0.960 bits per heavy atom. The zero-order valence-corrected chi connectivity index (χ0v) is 16.0. The second kappa shape index (κ2) is 6.72. The summed E-state index contributed by atoms with van der Waals surface area (Å²) in [7, 11) is 0. The van der Waals surface area contributed by atoms with E-state index in [1.807, 2.05) is 52.0 Å². The summed E-state index contributed by atoms with van der Waals surface area (Å²) >= 11 is 4.44. The molecule has 0 saturated carbocycles. The molecule has 0 N–H and O–H groups in total. The molecule has 0 amide bonds. The summed E-state index contributed by atoms with van der Waals surface area (Å²) in [5, 5.41) is 4.21. The van der Waals surface area contributed by atoms with E-state index in [1.54, 1.807) is 0 Å². The minimum atomic E-state index is -0.453. The van der Waals surface area contributed by atoms with Gasteiger partial charge in [0, 0.05) is 5.56 Å². The Kier molecular flexibility index (Phi) is 4.79. The fourth-order valence-corrected chi connectivity index (χ4v) is 3.06. The number of esters is 1. The highest BCUT2D eigenvalue weighted by atomic mass is 32.1. The van der Waals surface area contributed by atoms with Gasteiger partial charge < -0.3 is 4.74 Å². The number of thiol groups is 1. The summed E-state index contributed by atoms with van der Waals surface area (Å²) in [5.41, 5.74) is 0.778. The summed E-state index contributed by atoms with van der Waals surface area (Å²) in [6.07, 6.45) is -0.325. The lowest BCUT2D eigenvalue weighted by molar-refractivity contribution is -0.149. The first-order valence-corrected chi connectivity index (χ1v) is 9.09. The maximum Gasteiger partial charge on any atom is 0.319 e. The van der Waals surface area contributed by atoms with Crippen LogP contribution in [0.4, 0.5) is 0 Å². The van der Waals surface area contributed by atoms with Crippen molar-refractivity contribution in [2.24, 2.45) is 5.41 Å². The SMILES string of the molecule is CC(OC(=O)C(S)C(C)(C)C)c1cccc2cc3ccccc3cc12. The zero-order chi connectivity index (χ0) is 18.2. The van der Waals surface area contributed by atoms with Crippen LogP contribution in [-0.2, 0) is 9.53 Å². The van der Waals surface area contributed by atoms with Crippen LogP contribution in [0.25, 0.3) is 21.5 Å². The molecular formula is C22H24O2S. The highest BCUT2D eigenvalue weighted by Gasteiger charge is 2.30. The van der Waals surface area contributed by atoms with E-state index in [0.29, 0.717) is 0 Å². The average Bonchev–Trinajstić information content (AvgIpc) is 2.57. The maximum absolute atomic E-state index is 12.4.